The first-order valence-electron chi connectivity index (χ1n) is 11.3. The zero-order chi connectivity index (χ0) is 24.2. The smallest absolute Gasteiger partial charge is 0.250 e. The van der Waals surface area contributed by atoms with Crippen molar-refractivity contribution in [3.8, 4) is 5.75 Å². The number of para-hydroxylation sites is 2. The number of aryl methyl sites for hydroxylation is 1. The van der Waals surface area contributed by atoms with E-state index >= 15 is 0 Å². The van der Waals surface area contributed by atoms with Crippen LogP contribution in [0, 0.1) is 11.8 Å². The molecule has 0 radical (unpaired) electrons. The first-order chi connectivity index (χ1) is 16.3. The molecule has 0 saturated carbocycles. The van der Waals surface area contributed by atoms with E-state index in [4.69, 9.17) is 10.5 Å². The van der Waals surface area contributed by atoms with Crippen molar-refractivity contribution >= 4 is 29.3 Å². The number of nitrogens with one attached hydrogen (secondary N) is 2. The molecule has 3 aliphatic rings. The maximum atomic E-state index is 13.8. The lowest BCUT2D eigenvalue weighted by Gasteiger charge is -2.29. The number of carbonyl (C=O) groups is 4. The zero-order valence-electron chi connectivity index (χ0n) is 19.0. The molecule has 0 bridgehead atoms. The number of methoxy groups -OCH3 is 1. The molecule has 2 aromatic carbocycles. The van der Waals surface area contributed by atoms with Gasteiger partial charge in [-0.15, -0.1) is 0 Å². The van der Waals surface area contributed by atoms with Gasteiger partial charge in [0.15, 0.2) is 0 Å². The normalized spacial score (nSPS) is 27.2. The van der Waals surface area contributed by atoms with Gasteiger partial charge in [0.05, 0.1) is 25.5 Å². The number of rotatable bonds is 6. The molecule has 3 heterocycles. The number of imide groups is 1. The second-order valence-electron chi connectivity index (χ2n) is 8.95. The predicted molar refractivity (Wildman–Crippen MR) is 122 cm³/mol. The Balaban J connectivity index is 1.62. The van der Waals surface area contributed by atoms with E-state index in [1.54, 1.807) is 30.3 Å². The summed E-state index contributed by atoms with van der Waals surface area (Å²) >= 11 is 0. The van der Waals surface area contributed by atoms with Crippen molar-refractivity contribution in [1.82, 2.24) is 10.2 Å². The summed E-state index contributed by atoms with van der Waals surface area (Å²) in [7, 11) is 1.52. The summed E-state index contributed by atoms with van der Waals surface area (Å²) in [5.74, 6) is -3.22. The molecule has 9 nitrogen and oxygen atoms in total. The molecule has 3 aliphatic heterocycles. The Hall–Kier alpha value is -3.72. The van der Waals surface area contributed by atoms with E-state index in [0.29, 0.717) is 29.0 Å². The molecule has 2 saturated heterocycles. The van der Waals surface area contributed by atoms with Crippen molar-refractivity contribution in [1.29, 1.82) is 0 Å². The van der Waals surface area contributed by atoms with Gasteiger partial charge in [0.2, 0.25) is 23.6 Å². The van der Waals surface area contributed by atoms with Crippen LogP contribution < -0.4 is 21.1 Å². The van der Waals surface area contributed by atoms with Crippen LogP contribution >= 0.6 is 0 Å². The minimum Gasteiger partial charge on any atom is -0.496 e. The quantitative estimate of drug-likeness (QED) is 0.550. The average molecular weight is 463 g/mol. The summed E-state index contributed by atoms with van der Waals surface area (Å²) in [6, 6.07) is 12.0. The van der Waals surface area contributed by atoms with Gasteiger partial charge in [0.25, 0.3) is 0 Å². The highest BCUT2D eigenvalue weighted by Crippen LogP contribution is 2.54. The molecule has 0 aliphatic carbocycles. The molecule has 2 fully saturated rings. The van der Waals surface area contributed by atoms with Gasteiger partial charge in [0, 0.05) is 29.3 Å². The zero-order valence-corrected chi connectivity index (χ0v) is 19.0. The van der Waals surface area contributed by atoms with Crippen molar-refractivity contribution in [3.63, 3.8) is 0 Å². The van der Waals surface area contributed by atoms with Gasteiger partial charge < -0.3 is 15.8 Å². The van der Waals surface area contributed by atoms with E-state index in [0.717, 1.165) is 5.56 Å². The summed E-state index contributed by atoms with van der Waals surface area (Å²) in [5, 5.41) is 6.15. The first kappa shape index (κ1) is 22.1. The molecule has 4 amide bonds. The highest BCUT2D eigenvalue weighted by Gasteiger charge is 2.70. The van der Waals surface area contributed by atoms with Crippen molar-refractivity contribution in [2.45, 2.75) is 37.9 Å². The number of likely N-dealkylation sites (tertiary alicyclic amines) is 1. The largest absolute Gasteiger partial charge is 0.496 e. The van der Waals surface area contributed by atoms with E-state index in [9.17, 15) is 19.2 Å². The van der Waals surface area contributed by atoms with Crippen LogP contribution in [0.15, 0.2) is 42.5 Å². The summed E-state index contributed by atoms with van der Waals surface area (Å²) < 4.78 is 5.39. The van der Waals surface area contributed by atoms with Crippen molar-refractivity contribution in [3.05, 3.63) is 59.2 Å². The fourth-order valence-electron chi connectivity index (χ4n) is 5.80. The van der Waals surface area contributed by atoms with Crippen molar-refractivity contribution in [2.24, 2.45) is 17.6 Å². The Morgan fingerprint density at radius 2 is 1.82 bits per heavy atom. The van der Waals surface area contributed by atoms with Crippen molar-refractivity contribution < 1.29 is 23.9 Å². The Kier molecular flexibility index (Phi) is 5.16. The van der Waals surface area contributed by atoms with Crippen LogP contribution in [0.25, 0.3) is 0 Å². The lowest BCUT2D eigenvalue weighted by atomic mass is 9.76. The third kappa shape index (κ3) is 2.96. The van der Waals surface area contributed by atoms with Gasteiger partial charge in [-0.1, -0.05) is 43.3 Å². The van der Waals surface area contributed by atoms with E-state index in [-0.39, 0.29) is 13.0 Å². The third-order valence-electron chi connectivity index (χ3n) is 7.25. The van der Waals surface area contributed by atoms with E-state index in [1.165, 1.54) is 12.0 Å². The topological polar surface area (TPSA) is 131 Å². The van der Waals surface area contributed by atoms with Gasteiger partial charge in [0.1, 0.15) is 11.3 Å². The SMILES string of the molecule is CCc1cccc2c1NC(=O)[C@@]21N[C@H](CC(N)=O)[C@H]2C(=O)N(Cc3ccccc3OC)C(=O)[C@@H]21. The second kappa shape index (κ2) is 7.95. The average Bonchev–Trinajstić information content (AvgIpc) is 3.39. The summed E-state index contributed by atoms with van der Waals surface area (Å²) in [6.07, 6.45) is 0.520. The van der Waals surface area contributed by atoms with Gasteiger partial charge >= 0.3 is 0 Å². The Labute approximate surface area is 196 Å². The minimum atomic E-state index is -1.45. The molecule has 4 atom stereocenters. The Morgan fingerprint density at radius 3 is 2.53 bits per heavy atom. The summed E-state index contributed by atoms with van der Waals surface area (Å²) in [4.78, 5) is 54.0. The number of anilines is 1. The molecule has 176 valence electrons. The number of hydrogen-bond acceptors (Lipinski definition) is 6. The number of nitrogens with two attached hydrogens (primary N) is 1. The molecule has 9 heteroatoms. The molecule has 0 aromatic heterocycles. The molecular weight excluding hydrogens is 436 g/mol. The minimum absolute atomic E-state index is 0.0114. The fourth-order valence-corrected chi connectivity index (χ4v) is 5.80. The standard InChI is InChI=1S/C25H26N4O5/c1-3-13-8-6-9-15-21(13)27-24(33)25(15)20-19(16(28-25)11-18(26)30)22(31)29(23(20)32)12-14-7-4-5-10-17(14)34-2/h4-10,16,19-20,28H,3,11-12H2,1-2H3,(H2,26,30)(H,27,33)/t16-,19-,20-,25-/m1/s1. The van der Waals surface area contributed by atoms with Crippen LogP contribution in [0.1, 0.15) is 30.0 Å². The second-order valence-corrected chi connectivity index (χ2v) is 8.95. The third-order valence-corrected chi connectivity index (χ3v) is 7.25. The highest BCUT2D eigenvalue weighted by molar-refractivity contribution is 6.15. The number of hydrogen-bond donors (Lipinski definition) is 3. The maximum absolute atomic E-state index is 13.8. The van der Waals surface area contributed by atoms with Gasteiger partial charge in [-0.05, 0) is 18.1 Å². The summed E-state index contributed by atoms with van der Waals surface area (Å²) in [6.45, 7) is 1.99. The molecule has 0 unspecified atom stereocenters. The molecule has 1 spiro atoms. The van der Waals surface area contributed by atoms with Crippen LogP contribution in [0.3, 0.4) is 0 Å². The number of fused-ring (bicyclic) bond motifs is 4. The Morgan fingerprint density at radius 1 is 1.09 bits per heavy atom. The molecule has 2 aromatic rings. The lowest BCUT2D eigenvalue weighted by molar-refractivity contribution is -0.143. The number of primary amides is 1. The van der Waals surface area contributed by atoms with Crippen LogP contribution in [0.4, 0.5) is 5.69 Å². The van der Waals surface area contributed by atoms with Gasteiger partial charge in [-0.25, -0.2) is 0 Å². The molecule has 4 N–H and O–H groups in total. The van der Waals surface area contributed by atoms with Crippen LogP contribution in [-0.2, 0) is 37.7 Å². The predicted octanol–water partition coefficient (Wildman–Crippen LogP) is 1.05. The van der Waals surface area contributed by atoms with E-state index < -0.39 is 47.0 Å². The van der Waals surface area contributed by atoms with Crippen LogP contribution in [0.2, 0.25) is 0 Å². The van der Waals surface area contributed by atoms with E-state index in [2.05, 4.69) is 10.6 Å². The van der Waals surface area contributed by atoms with Crippen LogP contribution in [-0.4, -0.2) is 41.7 Å². The number of amides is 4. The molecular formula is C25H26N4O5. The number of carbonyl (C=O) groups excluding carboxylic acids is 4. The van der Waals surface area contributed by atoms with Crippen molar-refractivity contribution in [2.75, 3.05) is 12.4 Å². The maximum Gasteiger partial charge on any atom is 0.250 e. The monoisotopic (exact) mass is 462 g/mol. The van der Waals surface area contributed by atoms with E-state index in [1.807, 2.05) is 19.1 Å². The van der Waals surface area contributed by atoms with Crippen LogP contribution in [0.5, 0.6) is 5.75 Å². The first-order valence-corrected chi connectivity index (χ1v) is 11.3. The fraction of sp³-hybridized carbons (Fsp3) is 0.360. The number of ether oxygens (including phenoxy) is 1. The summed E-state index contributed by atoms with van der Waals surface area (Å²) in [5.41, 5.74) is 6.92. The molecule has 5 rings (SSSR count). The Bertz CT molecular complexity index is 1230. The van der Waals surface area contributed by atoms with Gasteiger partial charge in [-0.3, -0.25) is 29.4 Å². The lowest BCUT2D eigenvalue weighted by Crippen LogP contribution is -2.53. The van der Waals surface area contributed by atoms with Gasteiger partial charge in [-0.2, -0.15) is 0 Å². The number of nitrogens with zero attached hydrogens (tertiary/aromatic N) is 1. The highest BCUT2D eigenvalue weighted by atomic mass is 16.5. The number of benzene rings is 2. The molecule has 34 heavy (non-hydrogen) atoms.